The molecule has 0 spiro atoms. The number of aliphatic hydroxyl groups excluding tert-OH is 1. The molecule has 0 bridgehead atoms. The molecule has 0 saturated heterocycles. The largest absolute Gasteiger partial charge is 0.491 e. The Morgan fingerprint density at radius 1 is 1.16 bits per heavy atom. The maximum absolute atomic E-state index is 13.2. The molecule has 25 heavy (non-hydrogen) atoms. The molecule has 0 fully saturated rings. The first kappa shape index (κ1) is 17.3. The number of halogens is 3. The van der Waals surface area contributed by atoms with Gasteiger partial charge in [-0.25, -0.2) is 4.98 Å². The monoisotopic (exact) mass is 350 g/mol. The van der Waals surface area contributed by atoms with E-state index in [0.717, 1.165) is 10.1 Å². The summed E-state index contributed by atoms with van der Waals surface area (Å²) in [6.45, 7) is 1.52. The molecule has 3 rings (SSSR count). The van der Waals surface area contributed by atoms with Crippen LogP contribution in [-0.4, -0.2) is 27.4 Å². The molecular formula is C18H17F3N2O2. The summed E-state index contributed by atoms with van der Waals surface area (Å²) >= 11 is 0. The Hall–Kier alpha value is -2.54. The minimum atomic E-state index is -4.60. The van der Waals surface area contributed by atoms with Gasteiger partial charge in [0.2, 0.25) is 5.82 Å². The molecule has 0 radical (unpaired) electrons. The zero-order valence-corrected chi connectivity index (χ0v) is 13.5. The van der Waals surface area contributed by atoms with E-state index < -0.39 is 18.1 Å². The number of benzene rings is 2. The van der Waals surface area contributed by atoms with Crippen molar-refractivity contribution in [2.75, 3.05) is 6.61 Å². The Morgan fingerprint density at radius 3 is 2.64 bits per heavy atom. The van der Waals surface area contributed by atoms with Crippen molar-refractivity contribution >= 4 is 11.0 Å². The summed E-state index contributed by atoms with van der Waals surface area (Å²) in [4.78, 5) is 3.65. The topological polar surface area (TPSA) is 47.3 Å². The van der Waals surface area contributed by atoms with Crippen LogP contribution in [0.2, 0.25) is 0 Å². The highest BCUT2D eigenvalue weighted by molar-refractivity contribution is 5.76. The average molecular weight is 350 g/mol. The number of aryl methyl sites for hydroxylation is 1. The molecule has 1 heterocycles. The highest BCUT2D eigenvalue weighted by Gasteiger charge is 2.37. The zero-order chi connectivity index (χ0) is 18.0. The van der Waals surface area contributed by atoms with Crippen molar-refractivity contribution in [3.8, 4) is 5.75 Å². The first-order chi connectivity index (χ1) is 11.8. The molecule has 3 aromatic rings. The number of para-hydroxylation sites is 2. The van der Waals surface area contributed by atoms with Crippen molar-refractivity contribution in [1.82, 2.24) is 9.55 Å². The summed E-state index contributed by atoms with van der Waals surface area (Å²) in [6, 6.07) is 13.5. The molecule has 0 aliphatic carbocycles. The molecule has 4 nitrogen and oxygen atoms in total. The lowest BCUT2D eigenvalue weighted by atomic mass is 10.2. The Kier molecular flexibility index (Phi) is 4.67. The third-order valence-electron chi connectivity index (χ3n) is 3.73. The van der Waals surface area contributed by atoms with Crippen LogP contribution in [0.25, 0.3) is 11.0 Å². The van der Waals surface area contributed by atoms with Gasteiger partial charge in [0, 0.05) is 0 Å². The molecular weight excluding hydrogens is 333 g/mol. The summed E-state index contributed by atoms with van der Waals surface area (Å²) < 4.78 is 46.2. The van der Waals surface area contributed by atoms with Crippen molar-refractivity contribution in [2.24, 2.45) is 0 Å². The fourth-order valence-corrected chi connectivity index (χ4v) is 2.64. The molecule has 0 saturated carbocycles. The maximum atomic E-state index is 13.2. The van der Waals surface area contributed by atoms with Gasteiger partial charge >= 0.3 is 6.18 Å². The van der Waals surface area contributed by atoms with E-state index in [2.05, 4.69) is 4.98 Å². The fraction of sp³-hybridized carbons (Fsp3) is 0.278. The normalized spacial score (nSPS) is 13.2. The molecule has 0 aliphatic heterocycles. The number of rotatable bonds is 5. The second-order valence-corrected chi connectivity index (χ2v) is 5.81. The predicted molar refractivity (Wildman–Crippen MR) is 87.4 cm³/mol. The summed E-state index contributed by atoms with van der Waals surface area (Å²) in [5.41, 5.74) is 1.55. The molecule has 1 N–H and O–H groups in total. The molecule has 0 aliphatic rings. The summed E-state index contributed by atoms with van der Waals surface area (Å²) in [7, 11) is 0. The fourth-order valence-electron chi connectivity index (χ4n) is 2.64. The van der Waals surface area contributed by atoms with E-state index in [4.69, 9.17) is 4.74 Å². The number of imidazole rings is 1. The van der Waals surface area contributed by atoms with E-state index in [9.17, 15) is 18.3 Å². The third kappa shape index (κ3) is 3.93. The van der Waals surface area contributed by atoms with Gasteiger partial charge in [0.15, 0.2) is 0 Å². The quantitative estimate of drug-likeness (QED) is 0.761. The van der Waals surface area contributed by atoms with Crippen molar-refractivity contribution < 1.29 is 23.0 Å². The molecule has 7 heteroatoms. The minimum absolute atomic E-state index is 0.118. The lowest BCUT2D eigenvalue weighted by Gasteiger charge is -2.16. The number of ether oxygens (including phenoxy) is 1. The van der Waals surface area contributed by atoms with Crippen LogP contribution in [0.1, 0.15) is 11.4 Å². The van der Waals surface area contributed by atoms with Gasteiger partial charge in [-0.05, 0) is 36.8 Å². The van der Waals surface area contributed by atoms with Crippen LogP contribution in [0.5, 0.6) is 5.75 Å². The number of hydrogen-bond acceptors (Lipinski definition) is 3. The minimum Gasteiger partial charge on any atom is -0.491 e. The highest BCUT2D eigenvalue weighted by Crippen LogP contribution is 2.31. The maximum Gasteiger partial charge on any atom is 0.449 e. The number of nitrogens with zero attached hydrogens (tertiary/aromatic N) is 2. The number of alkyl halides is 3. The number of aliphatic hydroxyl groups is 1. The van der Waals surface area contributed by atoms with Gasteiger partial charge in [-0.15, -0.1) is 0 Å². The van der Waals surface area contributed by atoms with Crippen molar-refractivity contribution in [3.63, 3.8) is 0 Å². The Morgan fingerprint density at radius 2 is 1.92 bits per heavy atom. The Balaban J connectivity index is 1.79. The van der Waals surface area contributed by atoms with Gasteiger partial charge in [-0.3, -0.25) is 0 Å². The summed E-state index contributed by atoms with van der Waals surface area (Å²) in [6.07, 6.45) is -5.71. The van der Waals surface area contributed by atoms with Crippen LogP contribution in [-0.2, 0) is 12.7 Å². The smallest absolute Gasteiger partial charge is 0.449 e. The number of hydrogen-bond donors (Lipinski definition) is 1. The van der Waals surface area contributed by atoms with E-state index >= 15 is 0 Å². The van der Waals surface area contributed by atoms with Crippen molar-refractivity contribution in [1.29, 1.82) is 0 Å². The van der Waals surface area contributed by atoms with E-state index in [1.807, 2.05) is 19.1 Å². The van der Waals surface area contributed by atoms with Gasteiger partial charge in [-0.1, -0.05) is 24.3 Å². The molecule has 1 aromatic heterocycles. The van der Waals surface area contributed by atoms with Gasteiger partial charge < -0.3 is 14.4 Å². The van der Waals surface area contributed by atoms with Gasteiger partial charge in [0.05, 0.1) is 17.6 Å². The second-order valence-electron chi connectivity index (χ2n) is 5.81. The molecule has 0 amide bonds. The van der Waals surface area contributed by atoms with E-state index in [-0.39, 0.29) is 18.7 Å². The third-order valence-corrected chi connectivity index (χ3v) is 3.73. The molecule has 1 atom stereocenters. The van der Waals surface area contributed by atoms with Crippen LogP contribution in [0.4, 0.5) is 13.2 Å². The van der Waals surface area contributed by atoms with Crippen molar-refractivity contribution in [3.05, 3.63) is 59.9 Å². The van der Waals surface area contributed by atoms with Crippen LogP contribution < -0.4 is 4.74 Å². The highest BCUT2D eigenvalue weighted by atomic mass is 19.4. The summed E-state index contributed by atoms with van der Waals surface area (Å²) in [5, 5.41) is 10.2. The number of fused-ring (bicyclic) bond motifs is 1. The van der Waals surface area contributed by atoms with Crippen LogP contribution in [0.15, 0.2) is 48.5 Å². The molecule has 0 unspecified atom stereocenters. The van der Waals surface area contributed by atoms with Crippen LogP contribution in [0.3, 0.4) is 0 Å². The lowest BCUT2D eigenvalue weighted by Crippen LogP contribution is -2.26. The second kappa shape index (κ2) is 6.76. The van der Waals surface area contributed by atoms with E-state index in [1.165, 1.54) is 6.07 Å². The van der Waals surface area contributed by atoms with E-state index in [1.54, 1.807) is 30.3 Å². The van der Waals surface area contributed by atoms with Gasteiger partial charge in [0.1, 0.15) is 18.5 Å². The van der Waals surface area contributed by atoms with Gasteiger partial charge in [-0.2, -0.15) is 13.2 Å². The van der Waals surface area contributed by atoms with Crippen molar-refractivity contribution in [2.45, 2.75) is 25.7 Å². The lowest BCUT2D eigenvalue weighted by molar-refractivity contribution is -0.147. The first-order valence-corrected chi connectivity index (χ1v) is 7.74. The van der Waals surface area contributed by atoms with Crippen LogP contribution in [0, 0.1) is 6.92 Å². The first-order valence-electron chi connectivity index (χ1n) is 7.74. The standard InChI is InChI=1S/C18H17F3N2O2/c1-12-5-4-6-14(9-12)25-11-13(24)10-23-16-8-3-2-7-15(16)22-17(23)18(19,20)21/h2-9,13,24H,10-11H2,1H3/t13-/m0/s1. The Labute approximate surface area is 142 Å². The number of aromatic nitrogens is 2. The molecule has 132 valence electrons. The zero-order valence-electron chi connectivity index (χ0n) is 13.5. The Bertz CT molecular complexity index is 874. The van der Waals surface area contributed by atoms with E-state index in [0.29, 0.717) is 11.3 Å². The molecule has 2 aromatic carbocycles. The average Bonchev–Trinajstić information content (AvgIpc) is 2.92. The predicted octanol–water partition coefficient (Wildman–Crippen LogP) is 3.80. The SMILES string of the molecule is Cc1cccc(OC[C@@H](O)Cn2c(C(F)(F)F)nc3ccccc32)c1. The van der Waals surface area contributed by atoms with Gasteiger partial charge in [0.25, 0.3) is 0 Å². The summed E-state index contributed by atoms with van der Waals surface area (Å²) in [5.74, 6) is -0.464. The van der Waals surface area contributed by atoms with Crippen LogP contribution >= 0.6 is 0 Å².